The predicted molar refractivity (Wildman–Crippen MR) is 110 cm³/mol. The highest BCUT2D eigenvalue weighted by Gasteiger charge is 2.28. The van der Waals surface area contributed by atoms with Crippen LogP contribution in [-0.4, -0.2) is 51.5 Å². The van der Waals surface area contributed by atoms with Gasteiger partial charge in [0, 0.05) is 38.2 Å². The summed E-state index contributed by atoms with van der Waals surface area (Å²) in [5.41, 5.74) is 2.87. The quantitative estimate of drug-likeness (QED) is 0.596. The van der Waals surface area contributed by atoms with Crippen molar-refractivity contribution in [2.45, 2.75) is 25.8 Å². The van der Waals surface area contributed by atoms with E-state index in [9.17, 15) is 9.59 Å². The molecule has 3 aromatic rings. The van der Waals surface area contributed by atoms with E-state index in [-0.39, 0.29) is 24.3 Å². The third-order valence-electron chi connectivity index (χ3n) is 5.20. The molecule has 8 heteroatoms. The SMILES string of the molecule is CC(=O)NCC(=O)N1CC[C@@H](c2ccc3c(NCc4ccccc4)n[nH]c3n2)C1. The lowest BCUT2D eigenvalue weighted by molar-refractivity contribution is -0.131. The van der Waals surface area contributed by atoms with Gasteiger partial charge in [0.2, 0.25) is 11.8 Å². The molecule has 0 radical (unpaired) electrons. The number of likely N-dealkylation sites (tertiary alicyclic amines) is 1. The van der Waals surface area contributed by atoms with Gasteiger partial charge < -0.3 is 15.5 Å². The minimum atomic E-state index is -0.197. The largest absolute Gasteiger partial charge is 0.364 e. The Labute approximate surface area is 168 Å². The van der Waals surface area contributed by atoms with Crippen LogP contribution in [-0.2, 0) is 16.1 Å². The van der Waals surface area contributed by atoms with Crippen molar-refractivity contribution in [3.63, 3.8) is 0 Å². The molecule has 1 aliphatic heterocycles. The molecular formula is C21H24N6O2. The molecule has 1 aliphatic rings. The fourth-order valence-corrected chi connectivity index (χ4v) is 3.60. The Bertz CT molecular complexity index is 1020. The molecule has 1 fully saturated rings. The number of benzene rings is 1. The Morgan fingerprint density at radius 3 is 2.83 bits per heavy atom. The van der Waals surface area contributed by atoms with Gasteiger partial charge >= 0.3 is 0 Å². The van der Waals surface area contributed by atoms with E-state index >= 15 is 0 Å². The molecular weight excluding hydrogens is 368 g/mol. The van der Waals surface area contributed by atoms with Gasteiger partial charge in [-0.15, -0.1) is 0 Å². The summed E-state index contributed by atoms with van der Waals surface area (Å²) < 4.78 is 0. The number of aromatic nitrogens is 3. The second-order valence-electron chi connectivity index (χ2n) is 7.28. The Kier molecular flexibility index (Phi) is 5.41. The number of amides is 2. The zero-order chi connectivity index (χ0) is 20.2. The van der Waals surface area contributed by atoms with Crippen LogP contribution in [0.5, 0.6) is 0 Å². The van der Waals surface area contributed by atoms with E-state index in [2.05, 4.69) is 33.0 Å². The molecule has 8 nitrogen and oxygen atoms in total. The third-order valence-corrected chi connectivity index (χ3v) is 5.20. The van der Waals surface area contributed by atoms with Gasteiger partial charge in [-0.1, -0.05) is 30.3 Å². The van der Waals surface area contributed by atoms with Gasteiger partial charge in [0.15, 0.2) is 11.5 Å². The van der Waals surface area contributed by atoms with E-state index in [1.165, 1.54) is 12.5 Å². The number of anilines is 1. The first-order valence-corrected chi connectivity index (χ1v) is 9.75. The Morgan fingerprint density at radius 1 is 1.21 bits per heavy atom. The number of H-pyrrole nitrogens is 1. The molecule has 3 heterocycles. The number of fused-ring (bicyclic) bond motifs is 1. The van der Waals surface area contributed by atoms with E-state index in [0.717, 1.165) is 29.0 Å². The Hall–Kier alpha value is -3.42. The highest BCUT2D eigenvalue weighted by atomic mass is 16.2. The maximum Gasteiger partial charge on any atom is 0.241 e. The van der Waals surface area contributed by atoms with Crippen molar-refractivity contribution in [3.05, 3.63) is 53.7 Å². The maximum absolute atomic E-state index is 12.2. The summed E-state index contributed by atoms with van der Waals surface area (Å²) in [4.78, 5) is 29.7. The molecule has 0 unspecified atom stereocenters. The number of nitrogens with one attached hydrogen (secondary N) is 3. The van der Waals surface area contributed by atoms with Crippen molar-refractivity contribution in [2.75, 3.05) is 25.0 Å². The molecule has 29 heavy (non-hydrogen) atoms. The molecule has 0 bridgehead atoms. The smallest absolute Gasteiger partial charge is 0.241 e. The van der Waals surface area contributed by atoms with Crippen LogP contribution in [0.2, 0.25) is 0 Å². The van der Waals surface area contributed by atoms with Crippen molar-refractivity contribution in [2.24, 2.45) is 0 Å². The number of carbonyl (C=O) groups excluding carboxylic acids is 2. The molecule has 1 aromatic carbocycles. The number of pyridine rings is 1. The number of carbonyl (C=O) groups is 2. The fraction of sp³-hybridized carbons (Fsp3) is 0.333. The van der Waals surface area contributed by atoms with Gasteiger partial charge in [-0.05, 0) is 24.1 Å². The lowest BCUT2D eigenvalue weighted by Crippen LogP contribution is -2.38. The zero-order valence-corrected chi connectivity index (χ0v) is 16.3. The summed E-state index contributed by atoms with van der Waals surface area (Å²) in [7, 11) is 0. The molecule has 1 saturated heterocycles. The van der Waals surface area contributed by atoms with Crippen molar-refractivity contribution < 1.29 is 9.59 Å². The van der Waals surface area contributed by atoms with Crippen LogP contribution in [0.25, 0.3) is 11.0 Å². The molecule has 150 valence electrons. The average molecular weight is 392 g/mol. The molecule has 2 amide bonds. The summed E-state index contributed by atoms with van der Waals surface area (Å²) in [6.07, 6.45) is 0.859. The van der Waals surface area contributed by atoms with Crippen LogP contribution in [0.4, 0.5) is 5.82 Å². The first kappa shape index (κ1) is 18.9. The normalized spacial score (nSPS) is 16.2. The number of rotatable bonds is 6. The number of aromatic amines is 1. The van der Waals surface area contributed by atoms with E-state index in [1.807, 2.05) is 30.3 Å². The molecule has 1 atom stereocenters. The molecule has 2 aromatic heterocycles. The molecule has 3 N–H and O–H groups in total. The van der Waals surface area contributed by atoms with Gasteiger partial charge in [0.1, 0.15) is 0 Å². The van der Waals surface area contributed by atoms with E-state index < -0.39 is 0 Å². The minimum absolute atomic E-state index is 0.0471. The van der Waals surface area contributed by atoms with Crippen LogP contribution >= 0.6 is 0 Å². The summed E-state index contributed by atoms with van der Waals surface area (Å²) in [6.45, 7) is 3.44. The Morgan fingerprint density at radius 2 is 2.03 bits per heavy atom. The van der Waals surface area contributed by atoms with E-state index in [0.29, 0.717) is 19.6 Å². The van der Waals surface area contributed by atoms with Crippen molar-refractivity contribution in [3.8, 4) is 0 Å². The highest BCUT2D eigenvalue weighted by Crippen LogP contribution is 2.28. The minimum Gasteiger partial charge on any atom is -0.364 e. The molecule has 4 rings (SSSR count). The van der Waals surface area contributed by atoms with Crippen LogP contribution in [0.1, 0.15) is 30.5 Å². The maximum atomic E-state index is 12.2. The van der Waals surface area contributed by atoms with E-state index in [1.54, 1.807) is 4.90 Å². The van der Waals surface area contributed by atoms with Gasteiger partial charge in [-0.2, -0.15) is 5.10 Å². The summed E-state index contributed by atoms with van der Waals surface area (Å²) in [6, 6.07) is 14.2. The summed E-state index contributed by atoms with van der Waals surface area (Å²) in [5.74, 6) is 0.709. The van der Waals surface area contributed by atoms with Gasteiger partial charge in [0.25, 0.3) is 0 Å². The molecule has 0 spiro atoms. The van der Waals surface area contributed by atoms with E-state index in [4.69, 9.17) is 4.98 Å². The van der Waals surface area contributed by atoms with Gasteiger partial charge in [-0.3, -0.25) is 14.7 Å². The molecule has 0 saturated carbocycles. The second kappa shape index (κ2) is 8.30. The highest BCUT2D eigenvalue weighted by molar-refractivity contribution is 5.87. The van der Waals surface area contributed by atoms with Crippen LogP contribution < -0.4 is 10.6 Å². The third kappa shape index (κ3) is 4.37. The lowest BCUT2D eigenvalue weighted by atomic mass is 10.0. The van der Waals surface area contributed by atoms with Gasteiger partial charge in [0.05, 0.1) is 11.9 Å². The van der Waals surface area contributed by atoms with Crippen molar-refractivity contribution in [1.82, 2.24) is 25.4 Å². The lowest BCUT2D eigenvalue weighted by Gasteiger charge is -2.16. The fourth-order valence-electron chi connectivity index (χ4n) is 3.60. The van der Waals surface area contributed by atoms with Gasteiger partial charge in [-0.25, -0.2) is 4.98 Å². The first-order valence-electron chi connectivity index (χ1n) is 9.75. The number of hydrogen-bond donors (Lipinski definition) is 3. The zero-order valence-electron chi connectivity index (χ0n) is 16.3. The number of hydrogen-bond acceptors (Lipinski definition) is 5. The Balaban J connectivity index is 1.41. The molecule has 0 aliphatic carbocycles. The first-order chi connectivity index (χ1) is 14.1. The van der Waals surface area contributed by atoms with Crippen molar-refractivity contribution >= 4 is 28.7 Å². The average Bonchev–Trinajstić information content (AvgIpc) is 3.38. The summed E-state index contributed by atoms with van der Waals surface area (Å²) >= 11 is 0. The topological polar surface area (TPSA) is 103 Å². The number of nitrogens with zero attached hydrogens (tertiary/aromatic N) is 3. The standard InChI is InChI=1S/C21H24N6O2/c1-14(28)22-12-19(29)27-10-9-16(13-27)18-8-7-17-20(25-26-21(17)24-18)23-11-15-5-3-2-4-6-15/h2-8,16H,9-13H2,1H3,(H,22,28)(H2,23,24,25,26)/t16-/m1/s1. The van der Waals surface area contributed by atoms with Crippen LogP contribution in [0.15, 0.2) is 42.5 Å². The second-order valence-corrected chi connectivity index (χ2v) is 7.28. The van der Waals surface area contributed by atoms with Crippen LogP contribution in [0.3, 0.4) is 0 Å². The summed E-state index contributed by atoms with van der Waals surface area (Å²) in [5, 5.41) is 14.2. The predicted octanol–water partition coefficient (Wildman–Crippen LogP) is 2.02. The van der Waals surface area contributed by atoms with Crippen LogP contribution in [0, 0.1) is 0 Å². The monoisotopic (exact) mass is 392 g/mol. The van der Waals surface area contributed by atoms with Crippen molar-refractivity contribution in [1.29, 1.82) is 0 Å².